The molecule has 2 aromatic rings. The molecule has 0 saturated carbocycles. The smallest absolute Gasteiger partial charge is 0.257 e. The van der Waals surface area contributed by atoms with Crippen LogP contribution in [0.3, 0.4) is 0 Å². The van der Waals surface area contributed by atoms with Crippen molar-refractivity contribution in [1.82, 2.24) is 15.1 Å². The van der Waals surface area contributed by atoms with Crippen LogP contribution in [0.15, 0.2) is 39.9 Å². The summed E-state index contributed by atoms with van der Waals surface area (Å²) in [5.41, 5.74) is 2.57. The SMILES string of the molecule is Cc1cnn(CCCNC(=O)c2ccc3c(c2)SC2=NS(=O)(=O)CCN23)c1. The van der Waals surface area contributed by atoms with Crippen molar-refractivity contribution >= 4 is 38.5 Å². The average Bonchev–Trinajstić information content (AvgIpc) is 3.19. The summed E-state index contributed by atoms with van der Waals surface area (Å²) in [6.07, 6.45) is 4.57. The number of carbonyl (C=O) groups is 1. The summed E-state index contributed by atoms with van der Waals surface area (Å²) < 4.78 is 29.0. The normalized spacial score (nSPS) is 17.2. The molecule has 8 nitrogen and oxygen atoms in total. The van der Waals surface area contributed by atoms with Gasteiger partial charge in [-0.15, -0.1) is 4.40 Å². The number of sulfonamides is 1. The molecule has 0 unspecified atom stereocenters. The van der Waals surface area contributed by atoms with E-state index >= 15 is 0 Å². The quantitative estimate of drug-likeness (QED) is 0.760. The van der Waals surface area contributed by atoms with Crippen molar-refractivity contribution in [3.05, 3.63) is 41.7 Å². The number of amides is 1. The van der Waals surface area contributed by atoms with Gasteiger partial charge < -0.3 is 10.2 Å². The third-order valence-electron chi connectivity index (χ3n) is 4.35. The summed E-state index contributed by atoms with van der Waals surface area (Å²) >= 11 is 1.29. The Morgan fingerprint density at radius 2 is 2.22 bits per heavy atom. The van der Waals surface area contributed by atoms with Gasteiger partial charge in [0.2, 0.25) is 0 Å². The third kappa shape index (κ3) is 3.86. The first kappa shape index (κ1) is 18.1. The number of hydrogen-bond acceptors (Lipinski definition) is 6. The van der Waals surface area contributed by atoms with Crippen molar-refractivity contribution in [2.24, 2.45) is 4.40 Å². The van der Waals surface area contributed by atoms with Gasteiger partial charge in [-0.1, -0.05) is 0 Å². The van der Waals surface area contributed by atoms with Crippen molar-refractivity contribution < 1.29 is 13.2 Å². The van der Waals surface area contributed by atoms with E-state index in [1.165, 1.54) is 11.8 Å². The molecule has 1 amide bonds. The summed E-state index contributed by atoms with van der Waals surface area (Å²) in [5, 5.41) is 7.59. The van der Waals surface area contributed by atoms with Crippen LogP contribution in [0.25, 0.3) is 0 Å². The van der Waals surface area contributed by atoms with Crippen LogP contribution < -0.4 is 10.2 Å². The fourth-order valence-corrected chi connectivity index (χ4v) is 5.30. The summed E-state index contributed by atoms with van der Waals surface area (Å²) in [4.78, 5) is 15.1. The number of anilines is 1. The van der Waals surface area contributed by atoms with Crippen LogP contribution in [-0.4, -0.2) is 48.1 Å². The number of amidine groups is 1. The minimum atomic E-state index is -3.38. The lowest BCUT2D eigenvalue weighted by Crippen LogP contribution is -2.35. The summed E-state index contributed by atoms with van der Waals surface area (Å²) in [7, 11) is -3.38. The van der Waals surface area contributed by atoms with Crippen molar-refractivity contribution in [2.75, 3.05) is 23.7 Å². The predicted octanol–water partition coefficient (Wildman–Crippen LogP) is 1.62. The van der Waals surface area contributed by atoms with Crippen molar-refractivity contribution in [1.29, 1.82) is 0 Å². The highest BCUT2D eigenvalue weighted by molar-refractivity contribution is 8.15. The largest absolute Gasteiger partial charge is 0.352 e. The molecule has 0 saturated heterocycles. The highest BCUT2D eigenvalue weighted by Gasteiger charge is 2.33. The first-order valence-electron chi connectivity index (χ1n) is 8.61. The number of aryl methyl sites for hydroxylation is 2. The molecule has 0 fully saturated rings. The Morgan fingerprint density at radius 3 is 3.00 bits per heavy atom. The number of aromatic nitrogens is 2. The lowest BCUT2D eigenvalue weighted by molar-refractivity contribution is 0.0952. The lowest BCUT2D eigenvalue weighted by atomic mass is 10.2. The highest BCUT2D eigenvalue weighted by atomic mass is 32.2. The van der Waals surface area contributed by atoms with Crippen LogP contribution in [0.5, 0.6) is 0 Å². The standard InChI is InChI=1S/C17H19N5O3S2/c1-12-10-19-21(11-12)6-2-5-18-16(23)13-3-4-14-15(9-13)26-17-20-27(24,25)8-7-22(14)17/h3-4,9-11H,2,5-8H2,1H3,(H,18,23). The first-order chi connectivity index (χ1) is 12.9. The number of rotatable bonds is 5. The van der Waals surface area contributed by atoms with E-state index in [1.54, 1.807) is 12.1 Å². The van der Waals surface area contributed by atoms with Crippen molar-refractivity contribution in [3.8, 4) is 0 Å². The third-order valence-corrected chi connectivity index (χ3v) is 6.65. The topological polar surface area (TPSA) is 96.7 Å². The summed E-state index contributed by atoms with van der Waals surface area (Å²) in [6, 6.07) is 5.40. The van der Waals surface area contributed by atoms with Gasteiger partial charge in [0.15, 0.2) is 5.17 Å². The number of hydrogen-bond donors (Lipinski definition) is 1. The molecule has 142 valence electrons. The molecule has 2 aliphatic heterocycles. The van der Waals surface area contributed by atoms with Gasteiger partial charge in [0.25, 0.3) is 15.9 Å². The van der Waals surface area contributed by atoms with Crippen LogP contribution in [0, 0.1) is 6.92 Å². The Morgan fingerprint density at radius 1 is 1.37 bits per heavy atom. The molecule has 1 aromatic heterocycles. The second kappa shape index (κ2) is 7.01. The van der Waals surface area contributed by atoms with E-state index in [4.69, 9.17) is 0 Å². The van der Waals surface area contributed by atoms with Crippen LogP contribution in [0.1, 0.15) is 22.3 Å². The van der Waals surface area contributed by atoms with E-state index in [9.17, 15) is 13.2 Å². The molecular formula is C17H19N5O3S2. The van der Waals surface area contributed by atoms with Crippen molar-refractivity contribution in [2.45, 2.75) is 24.8 Å². The molecule has 0 atom stereocenters. The van der Waals surface area contributed by atoms with E-state index in [0.717, 1.165) is 29.1 Å². The molecule has 0 spiro atoms. The Balaban J connectivity index is 1.38. The fraction of sp³-hybridized carbons (Fsp3) is 0.353. The number of thioether (sulfide) groups is 1. The molecule has 10 heteroatoms. The number of nitrogens with one attached hydrogen (secondary N) is 1. The fourth-order valence-electron chi connectivity index (χ4n) is 3.01. The Kier molecular flexibility index (Phi) is 4.68. The highest BCUT2D eigenvalue weighted by Crippen LogP contribution is 2.42. The molecular weight excluding hydrogens is 386 g/mol. The second-order valence-corrected chi connectivity index (χ2v) is 9.25. The van der Waals surface area contributed by atoms with E-state index in [2.05, 4.69) is 14.8 Å². The zero-order valence-electron chi connectivity index (χ0n) is 14.8. The van der Waals surface area contributed by atoms with E-state index in [-0.39, 0.29) is 11.7 Å². The minimum absolute atomic E-state index is 0.00845. The number of nitrogens with zero attached hydrogens (tertiary/aromatic N) is 4. The summed E-state index contributed by atoms with van der Waals surface area (Å²) in [6.45, 7) is 3.68. The maximum Gasteiger partial charge on any atom is 0.257 e. The van der Waals surface area contributed by atoms with Gasteiger partial charge >= 0.3 is 0 Å². The van der Waals surface area contributed by atoms with Gasteiger partial charge in [0.1, 0.15) is 0 Å². The maximum absolute atomic E-state index is 12.4. The van der Waals surface area contributed by atoms with Gasteiger partial charge in [-0.05, 0) is 48.9 Å². The molecule has 1 aromatic carbocycles. The predicted molar refractivity (Wildman–Crippen MR) is 105 cm³/mol. The Labute approximate surface area is 161 Å². The Hall–Kier alpha value is -2.33. The molecule has 4 rings (SSSR count). The van der Waals surface area contributed by atoms with Crippen LogP contribution in [-0.2, 0) is 16.6 Å². The van der Waals surface area contributed by atoms with E-state index < -0.39 is 10.0 Å². The molecule has 27 heavy (non-hydrogen) atoms. The number of benzene rings is 1. The van der Waals surface area contributed by atoms with Gasteiger partial charge in [0, 0.05) is 36.3 Å². The van der Waals surface area contributed by atoms with Gasteiger partial charge in [0.05, 0.1) is 17.6 Å². The second-order valence-electron chi connectivity index (χ2n) is 6.49. The van der Waals surface area contributed by atoms with Gasteiger partial charge in [-0.25, -0.2) is 8.42 Å². The number of fused-ring (bicyclic) bond motifs is 3. The minimum Gasteiger partial charge on any atom is -0.352 e. The first-order valence-corrected chi connectivity index (χ1v) is 11.0. The molecule has 0 bridgehead atoms. The summed E-state index contributed by atoms with van der Waals surface area (Å²) in [5.74, 6) is -0.136. The Bertz CT molecular complexity index is 1030. The van der Waals surface area contributed by atoms with Gasteiger partial charge in [-0.3, -0.25) is 9.48 Å². The molecule has 0 radical (unpaired) electrons. The maximum atomic E-state index is 12.4. The van der Waals surface area contributed by atoms with Crippen molar-refractivity contribution in [3.63, 3.8) is 0 Å². The van der Waals surface area contributed by atoms with E-state index in [0.29, 0.717) is 23.8 Å². The molecule has 2 aliphatic rings. The van der Waals surface area contributed by atoms with Crippen LogP contribution >= 0.6 is 11.8 Å². The van der Waals surface area contributed by atoms with E-state index in [1.807, 2.05) is 35.0 Å². The molecule has 1 N–H and O–H groups in total. The molecule has 0 aliphatic carbocycles. The van der Waals surface area contributed by atoms with Crippen LogP contribution in [0.2, 0.25) is 0 Å². The zero-order chi connectivity index (χ0) is 19.0. The lowest BCUT2D eigenvalue weighted by Gasteiger charge is -2.22. The molecule has 3 heterocycles. The average molecular weight is 406 g/mol. The van der Waals surface area contributed by atoms with Crippen LogP contribution in [0.4, 0.5) is 5.69 Å². The monoisotopic (exact) mass is 405 g/mol. The number of carbonyl (C=O) groups excluding carboxylic acids is 1. The van der Waals surface area contributed by atoms with Gasteiger partial charge in [-0.2, -0.15) is 5.10 Å². The zero-order valence-corrected chi connectivity index (χ0v) is 16.4.